The van der Waals surface area contributed by atoms with Gasteiger partial charge in [0.25, 0.3) is 0 Å². The maximum Gasteiger partial charge on any atom is 0.123 e. The molecule has 0 spiro atoms. The lowest BCUT2D eigenvalue weighted by atomic mass is 10.2. The van der Waals surface area contributed by atoms with E-state index in [0.717, 1.165) is 34.4 Å². The van der Waals surface area contributed by atoms with Crippen LogP contribution in [0.4, 0.5) is 0 Å². The molecule has 1 heterocycles. The molecule has 0 atom stereocenters. The smallest absolute Gasteiger partial charge is 0.123 e. The predicted octanol–water partition coefficient (Wildman–Crippen LogP) is 4.75. The molecule has 0 saturated carbocycles. The molecular weight excluding hydrogens is 300 g/mol. The fraction of sp³-hybridized carbons (Fsp3) is 0.118. The number of hydrogen-bond acceptors (Lipinski definition) is 3. The summed E-state index contributed by atoms with van der Waals surface area (Å²) in [4.78, 5) is 4.65. The molecule has 0 radical (unpaired) electrons. The number of nitrogens with one attached hydrogen (secondary N) is 1. The molecule has 0 saturated heterocycles. The molecule has 0 amide bonds. The number of thiazole rings is 1. The van der Waals surface area contributed by atoms with Crippen molar-refractivity contribution < 1.29 is 0 Å². The lowest BCUT2D eigenvalue weighted by Crippen LogP contribution is -2.12. The summed E-state index contributed by atoms with van der Waals surface area (Å²) in [7, 11) is 0. The SMILES string of the molecule is Clc1ccc(-c2nc(CNCc3ccccc3)cs2)cc1. The number of halogens is 1. The first-order valence-corrected chi connectivity index (χ1v) is 8.02. The Labute approximate surface area is 133 Å². The quantitative estimate of drug-likeness (QED) is 0.735. The zero-order chi connectivity index (χ0) is 14.5. The van der Waals surface area contributed by atoms with Gasteiger partial charge < -0.3 is 5.32 Å². The highest BCUT2D eigenvalue weighted by Gasteiger charge is 2.04. The molecule has 4 heteroatoms. The minimum atomic E-state index is 0.750. The zero-order valence-electron chi connectivity index (χ0n) is 11.4. The number of aromatic nitrogens is 1. The average molecular weight is 315 g/mol. The second-order valence-electron chi connectivity index (χ2n) is 4.74. The van der Waals surface area contributed by atoms with Crippen molar-refractivity contribution in [2.24, 2.45) is 0 Å². The number of benzene rings is 2. The van der Waals surface area contributed by atoms with Crippen LogP contribution in [0.15, 0.2) is 60.0 Å². The maximum absolute atomic E-state index is 5.90. The third-order valence-electron chi connectivity index (χ3n) is 3.12. The molecule has 0 fully saturated rings. The van der Waals surface area contributed by atoms with Gasteiger partial charge in [0.05, 0.1) is 5.69 Å². The van der Waals surface area contributed by atoms with E-state index in [1.165, 1.54) is 5.56 Å². The van der Waals surface area contributed by atoms with Crippen molar-refractivity contribution >= 4 is 22.9 Å². The maximum atomic E-state index is 5.90. The monoisotopic (exact) mass is 314 g/mol. The fourth-order valence-corrected chi connectivity index (χ4v) is 3.00. The van der Waals surface area contributed by atoms with Crippen LogP contribution < -0.4 is 5.32 Å². The van der Waals surface area contributed by atoms with E-state index in [2.05, 4.69) is 39.9 Å². The van der Waals surface area contributed by atoms with E-state index in [-0.39, 0.29) is 0 Å². The highest BCUT2D eigenvalue weighted by molar-refractivity contribution is 7.13. The molecule has 1 aromatic heterocycles. The predicted molar refractivity (Wildman–Crippen MR) is 89.5 cm³/mol. The summed E-state index contributed by atoms with van der Waals surface area (Å²) in [5.41, 5.74) is 3.46. The number of hydrogen-bond donors (Lipinski definition) is 1. The third-order valence-corrected chi connectivity index (χ3v) is 4.31. The molecule has 2 nitrogen and oxygen atoms in total. The summed E-state index contributed by atoms with van der Waals surface area (Å²) in [6.07, 6.45) is 0. The van der Waals surface area contributed by atoms with Crippen LogP contribution in [0.3, 0.4) is 0 Å². The summed E-state index contributed by atoms with van der Waals surface area (Å²) in [5.74, 6) is 0. The molecule has 0 bridgehead atoms. The second-order valence-corrected chi connectivity index (χ2v) is 6.03. The van der Waals surface area contributed by atoms with E-state index in [4.69, 9.17) is 11.6 Å². The first kappa shape index (κ1) is 14.3. The standard InChI is InChI=1S/C17H15ClN2S/c18-15-8-6-14(7-9-15)17-20-16(12-21-17)11-19-10-13-4-2-1-3-5-13/h1-9,12,19H,10-11H2. The summed E-state index contributed by atoms with van der Waals surface area (Å²) >= 11 is 7.56. The molecular formula is C17H15ClN2S. The Hall–Kier alpha value is -1.68. The summed E-state index contributed by atoms with van der Waals surface area (Å²) < 4.78 is 0. The van der Waals surface area contributed by atoms with Crippen LogP contribution in [0.1, 0.15) is 11.3 Å². The second kappa shape index (κ2) is 6.85. The van der Waals surface area contributed by atoms with E-state index in [1.54, 1.807) is 11.3 Å². The van der Waals surface area contributed by atoms with Crippen LogP contribution in [0, 0.1) is 0 Å². The highest BCUT2D eigenvalue weighted by Crippen LogP contribution is 2.25. The topological polar surface area (TPSA) is 24.9 Å². The normalized spacial score (nSPS) is 10.7. The van der Waals surface area contributed by atoms with E-state index >= 15 is 0 Å². The molecule has 0 aliphatic carbocycles. The molecule has 1 N–H and O–H groups in total. The Morgan fingerprint density at radius 3 is 2.48 bits per heavy atom. The van der Waals surface area contributed by atoms with Crippen LogP contribution in [0.5, 0.6) is 0 Å². The summed E-state index contributed by atoms with van der Waals surface area (Å²) in [5, 5.41) is 7.29. The molecule has 0 unspecified atom stereocenters. The van der Waals surface area contributed by atoms with Crippen molar-refractivity contribution in [2.45, 2.75) is 13.1 Å². The van der Waals surface area contributed by atoms with Gasteiger partial charge in [-0.25, -0.2) is 4.98 Å². The molecule has 0 aliphatic heterocycles. The molecule has 0 aliphatic rings. The Balaban J connectivity index is 1.59. The minimum absolute atomic E-state index is 0.750. The van der Waals surface area contributed by atoms with Crippen LogP contribution in [-0.2, 0) is 13.1 Å². The van der Waals surface area contributed by atoms with E-state index < -0.39 is 0 Å². The number of nitrogens with zero attached hydrogens (tertiary/aromatic N) is 1. The van der Waals surface area contributed by atoms with Crippen molar-refractivity contribution in [3.63, 3.8) is 0 Å². The van der Waals surface area contributed by atoms with Gasteiger partial charge in [0.2, 0.25) is 0 Å². The third kappa shape index (κ3) is 3.91. The van der Waals surface area contributed by atoms with Crippen LogP contribution in [0.25, 0.3) is 10.6 Å². The first-order valence-electron chi connectivity index (χ1n) is 6.76. The molecule has 3 aromatic rings. The van der Waals surface area contributed by atoms with Gasteiger partial charge in [-0.2, -0.15) is 0 Å². The minimum Gasteiger partial charge on any atom is -0.307 e. The van der Waals surface area contributed by atoms with Gasteiger partial charge >= 0.3 is 0 Å². The Bertz CT molecular complexity index is 692. The summed E-state index contributed by atoms with van der Waals surface area (Å²) in [6, 6.07) is 18.2. The zero-order valence-corrected chi connectivity index (χ0v) is 13.0. The van der Waals surface area contributed by atoms with Gasteiger partial charge in [-0.15, -0.1) is 11.3 Å². The molecule has 21 heavy (non-hydrogen) atoms. The fourth-order valence-electron chi connectivity index (χ4n) is 2.04. The van der Waals surface area contributed by atoms with Gasteiger partial charge in [0, 0.05) is 29.1 Å². The van der Waals surface area contributed by atoms with E-state index in [9.17, 15) is 0 Å². The first-order chi connectivity index (χ1) is 10.3. The van der Waals surface area contributed by atoms with Crippen molar-refractivity contribution in [3.8, 4) is 10.6 Å². The summed E-state index contributed by atoms with van der Waals surface area (Å²) in [6.45, 7) is 1.63. The molecule has 3 rings (SSSR count). The van der Waals surface area contributed by atoms with Crippen molar-refractivity contribution in [1.29, 1.82) is 0 Å². The number of rotatable bonds is 5. The van der Waals surface area contributed by atoms with E-state index in [0.29, 0.717) is 0 Å². The Kier molecular flexibility index (Phi) is 4.65. The van der Waals surface area contributed by atoms with Crippen LogP contribution in [0.2, 0.25) is 5.02 Å². The highest BCUT2D eigenvalue weighted by atomic mass is 35.5. The van der Waals surface area contributed by atoms with Gasteiger partial charge in [-0.1, -0.05) is 54.1 Å². The van der Waals surface area contributed by atoms with E-state index in [1.807, 2.05) is 30.3 Å². The Morgan fingerprint density at radius 1 is 0.952 bits per heavy atom. The van der Waals surface area contributed by atoms with Crippen molar-refractivity contribution in [2.75, 3.05) is 0 Å². The van der Waals surface area contributed by atoms with Crippen LogP contribution >= 0.6 is 22.9 Å². The van der Waals surface area contributed by atoms with Crippen molar-refractivity contribution in [1.82, 2.24) is 10.3 Å². The van der Waals surface area contributed by atoms with Gasteiger partial charge in [0.15, 0.2) is 0 Å². The lowest BCUT2D eigenvalue weighted by Gasteiger charge is -2.02. The van der Waals surface area contributed by atoms with Gasteiger partial charge in [-0.05, 0) is 17.7 Å². The average Bonchev–Trinajstić information content (AvgIpc) is 2.98. The lowest BCUT2D eigenvalue weighted by molar-refractivity contribution is 0.683. The van der Waals surface area contributed by atoms with Crippen molar-refractivity contribution in [3.05, 3.63) is 76.3 Å². The molecule has 106 valence electrons. The Morgan fingerprint density at radius 2 is 1.71 bits per heavy atom. The molecule has 2 aromatic carbocycles. The van der Waals surface area contributed by atoms with Crippen LogP contribution in [-0.4, -0.2) is 4.98 Å². The van der Waals surface area contributed by atoms with Gasteiger partial charge in [-0.3, -0.25) is 0 Å². The largest absolute Gasteiger partial charge is 0.307 e. The van der Waals surface area contributed by atoms with Gasteiger partial charge in [0.1, 0.15) is 5.01 Å².